The van der Waals surface area contributed by atoms with Crippen LogP contribution in [0.1, 0.15) is 33.6 Å². The SMILES string of the molecule is CN(CC1CC(N)C1)C(=O)OC(C)(C)C. The van der Waals surface area contributed by atoms with E-state index in [4.69, 9.17) is 10.5 Å². The molecule has 1 aliphatic rings. The summed E-state index contributed by atoms with van der Waals surface area (Å²) in [5.41, 5.74) is 5.27. The van der Waals surface area contributed by atoms with Crippen LogP contribution >= 0.6 is 0 Å². The highest BCUT2D eigenvalue weighted by molar-refractivity contribution is 5.67. The molecule has 4 nitrogen and oxygen atoms in total. The third kappa shape index (κ3) is 4.08. The van der Waals surface area contributed by atoms with Gasteiger partial charge in [-0.2, -0.15) is 0 Å². The van der Waals surface area contributed by atoms with Gasteiger partial charge >= 0.3 is 6.09 Å². The van der Waals surface area contributed by atoms with Crippen LogP contribution in [0.3, 0.4) is 0 Å². The molecule has 1 amide bonds. The van der Waals surface area contributed by atoms with Gasteiger partial charge in [0.1, 0.15) is 5.60 Å². The predicted molar refractivity (Wildman–Crippen MR) is 59.6 cm³/mol. The highest BCUT2D eigenvalue weighted by atomic mass is 16.6. The van der Waals surface area contributed by atoms with Crippen molar-refractivity contribution in [1.29, 1.82) is 0 Å². The Morgan fingerprint density at radius 2 is 2.00 bits per heavy atom. The van der Waals surface area contributed by atoms with E-state index in [2.05, 4.69) is 0 Å². The van der Waals surface area contributed by atoms with Gasteiger partial charge in [0, 0.05) is 19.6 Å². The molecule has 15 heavy (non-hydrogen) atoms. The van der Waals surface area contributed by atoms with Gasteiger partial charge in [0.2, 0.25) is 0 Å². The van der Waals surface area contributed by atoms with Gasteiger partial charge in [0.25, 0.3) is 0 Å². The smallest absolute Gasteiger partial charge is 0.410 e. The summed E-state index contributed by atoms with van der Waals surface area (Å²) in [5.74, 6) is 0.553. The van der Waals surface area contributed by atoms with Crippen molar-refractivity contribution in [3.05, 3.63) is 0 Å². The van der Waals surface area contributed by atoms with Crippen LogP contribution in [0, 0.1) is 5.92 Å². The number of hydrogen-bond donors (Lipinski definition) is 1. The molecule has 88 valence electrons. The molecule has 2 N–H and O–H groups in total. The first-order valence-electron chi connectivity index (χ1n) is 5.47. The van der Waals surface area contributed by atoms with E-state index in [1.165, 1.54) is 0 Å². The van der Waals surface area contributed by atoms with Gasteiger partial charge in [0.05, 0.1) is 0 Å². The van der Waals surface area contributed by atoms with Crippen LogP contribution in [0.25, 0.3) is 0 Å². The summed E-state index contributed by atoms with van der Waals surface area (Å²) in [6, 6.07) is 0.335. The number of amides is 1. The molecule has 0 unspecified atom stereocenters. The molecule has 0 aliphatic heterocycles. The minimum absolute atomic E-state index is 0.247. The Hall–Kier alpha value is -0.770. The number of ether oxygens (including phenoxy) is 1. The van der Waals surface area contributed by atoms with E-state index in [0.29, 0.717) is 12.0 Å². The number of carbonyl (C=O) groups is 1. The third-order valence-corrected chi connectivity index (χ3v) is 2.51. The lowest BCUT2D eigenvalue weighted by molar-refractivity contribution is 0.0240. The van der Waals surface area contributed by atoms with Crippen LogP contribution in [0.5, 0.6) is 0 Å². The summed E-state index contributed by atoms with van der Waals surface area (Å²) in [4.78, 5) is 13.2. The van der Waals surface area contributed by atoms with Crippen molar-refractivity contribution >= 4 is 6.09 Å². The number of rotatable bonds is 2. The first-order chi connectivity index (χ1) is 6.78. The molecule has 0 aromatic rings. The normalized spacial score (nSPS) is 25.7. The fourth-order valence-corrected chi connectivity index (χ4v) is 1.74. The van der Waals surface area contributed by atoms with E-state index in [0.717, 1.165) is 19.4 Å². The molecule has 0 saturated heterocycles. The lowest BCUT2D eigenvalue weighted by Crippen LogP contribution is -2.44. The molecule has 0 aromatic carbocycles. The van der Waals surface area contributed by atoms with E-state index in [1.807, 2.05) is 20.8 Å². The van der Waals surface area contributed by atoms with E-state index in [1.54, 1.807) is 11.9 Å². The maximum atomic E-state index is 11.6. The average Bonchev–Trinajstić information content (AvgIpc) is 1.98. The average molecular weight is 214 g/mol. The van der Waals surface area contributed by atoms with Gasteiger partial charge in [-0.15, -0.1) is 0 Å². The summed E-state index contributed by atoms with van der Waals surface area (Å²) in [7, 11) is 1.78. The van der Waals surface area contributed by atoms with Crippen LogP contribution in [0.4, 0.5) is 4.79 Å². The van der Waals surface area contributed by atoms with E-state index in [-0.39, 0.29) is 6.09 Å². The molecular formula is C11H22N2O2. The Kier molecular flexibility index (Phi) is 3.60. The summed E-state index contributed by atoms with van der Waals surface area (Å²) >= 11 is 0. The van der Waals surface area contributed by atoms with E-state index >= 15 is 0 Å². The fourth-order valence-electron chi connectivity index (χ4n) is 1.74. The molecule has 0 heterocycles. The van der Waals surface area contributed by atoms with Gasteiger partial charge in [0.15, 0.2) is 0 Å². The first kappa shape index (κ1) is 12.3. The minimum Gasteiger partial charge on any atom is -0.444 e. The number of carbonyl (C=O) groups excluding carboxylic acids is 1. The number of hydrogen-bond acceptors (Lipinski definition) is 3. The van der Waals surface area contributed by atoms with Crippen LogP contribution in [0.2, 0.25) is 0 Å². The van der Waals surface area contributed by atoms with Gasteiger partial charge in [-0.25, -0.2) is 4.79 Å². The second-order valence-electron chi connectivity index (χ2n) is 5.46. The van der Waals surface area contributed by atoms with Crippen LogP contribution in [-0.4, -0.2) is 36.2 Å². The molecule has 1 saturated carbocycles. The Morgan fingerprint density at radius 1 is 1.47 bits per heavy atom. The second kappa shape index (κ2) is 4.39. The zero-order valence-corrected chi connectivity index (χ0v) is 10.1. The monoisotopic (exact) mass is 214 g/mol. The number of nitrogens with zero attached hydrogens (tertiary/aromatic N) is 1. The quantitative estimate of drug-likeness (QED) is 0.759. The third-order valence-electron chi connectivity index (χ3n) is 2.51. The zero-order chi connectivity index (χ0) is 11.6. The second-order valence-corrected chi connectivity index (χ2v) is 5.46. The Balaban J connectivity index is 2.27. The topological polar surface area (TPSA) is 55.6 Å². The molecule has 1 aliphatic carbocycles. The van der Waals surface area contributed by atoms with Gasteiger partial charge < -0.3 is 15.4 Å². The standard InChI is InChI=1S/C11H22N2O2/c1-11(2,3)15-10(14)13(4)7-8-5-9(12)6-8/h8-9H,5-7,12H2,1-4H3. The minimum atomic E-state index is -0.415. The highest BCUT2D eigenvalue weighted by Crippen LogP contribution is 2.26. The molecule has 0 atom stereocenters. The van der Waals surface area contributed by atoms with Crippen LogP contribution in [0.15, 0.2) is 0 Å². The van der Waals surface area contributed by atoms with Crippen molar-refractivity contribution in [3.63, 3.8) is 0 Å². The maximum Gasteiger partial charge on any atom is 0.410 e. The Bertz CT molecular complexity index is 229. The van der Waals surface area contributed by atoms with Crippen molar-refractivity contribution < 1.29 is 9.53 Å². The van der Waals surface area contributed by atoms with Crippen molar-refractivity contribution in [1.82, 2.24) is 4.90 Å². The molecule has 0 radical (unpaired) electrons. The first-order valence-corrected chi connectivity index (χ1v) is 5.47. The molecule has 1 fully saturated rings. The highest BCUT2D eigenvalue weighted by Gasteiger charge is 2.29. The largest absolute Gasteiger partial charge is 0.444 e. The van der Waals surface area contributed by atoms with Crippen molar-refractivity contribution in [3.8, 4) is 0 Å². The molecule has 0 spiro atoms. The summed E-state index contributed by atoms with van der Waals surface area (Å²) in [6.07, 6.45) is 1.79. The lowest BCUT2D eigenvalue weighted by atomic mass is 9.81. The van der Waals surface area contributed by atoms with Crippen LogP contribution < -0.4 is 5.73 Å². The summed E-state index contributed by atoms with van der Waals surface area (Å²) in [5, 5.41) is 0. The molecule has 0 aromatic heterocycles. The van der Waals surface area contributed by atoms with E-state index < -0.39 is 5.60 Å². The van der Waals surface area contributed by atoms with Crippen molar-refractivity contribution in [2.24, 2.45) is 11.7 Å². The fraction of sp³-hybridized carbons (Fsp3) is 0.909. The maximum absolute atomic E-state index is 11.6. The van der Waals surface area contributed by atoms with Crippen molar-refractivity contribution in [2.45, 2.75) is 45.3 Å². The Labute approximate surface area is 91.8 Å². The molecular weight excluding hydrogens is 192 g/mol. The van der Waals surface area contributed by atoms with Gasteiger partial charge in [-0.05, 0) is 39.5 Å². The summed E-state index contributed by atoms with van der Waals surface area (Å²) in [6.45, 7) is 6.37. The van der Waals surface area contributed by atoms with Gasteiger partial charge in [-0.3, -0.25) is 0 Å². The van der Waals surface area contributed by atoms with Crippen molar-refractivity contribution in [2.75, 3.05) is 13.6 Å². The summed E-state index contributed by atoms with van der Waals surface area (Å²) < 4.78 is 5.25. The molecule has 4 heteroatoms. The lowest BCUT2D eigenvalue weighted by Gasteiger charge is -2.35. The zero-order valence-electron chi connectivity index (χ0n) is 10.1. The molecule has 1 rings (SSSR count). The molecule has 0 bridgehead atoms. The van der Waals surface area contributed by atoms with Gasteiger partial charge in [-0.1, -0.05) is 0 Å². The van der Waals surface area contributed by atoms with E-state index in [9.17, 15) is 4.79 Å². The Morgan fingerprint density at radius 3 is 2.40 bits per heavy atom. The predicted octanol–water partition coefficient (Wildman–Crippen LogP) is 1.59. The number of nitrogens with two attached hydrogens (primary N) is 1. The van der Waals surface area contributed by atoms with Crippen LogP contribution in [-0.2, 0) is 4.74 Å².